The summed E-state index contributed by atoms with van der Waals surface area (Å²) in [6.45, 7) is 4.97. The summed E-state index contributed by atoms with van der Waals surface area (Å²) in [4.78, 5) is 21.0. The lowest BCUT2D eigenvalue weighted by Gasteiger charge is -2.28. The molecule has 2 amide bonds. The molecule has 0 spiro atoms. The van der Waals surface area contributed by atoms with E-state index in [1.54, 1.807) is 0 Å². The maximum Gasteiger partial charge on any atom is 0.324 e. The number of pyridine rings is 1. The second kappa shape index (κ2) is 6.95. The third-order valence-corrected chi connectivity index (χ3v) is 5.05. The summed E-state index contributed by atoms with van der Waals surface area (Å²) in [5.74, 6) is 0.345. The number of fused-ring (bicyclic) bond motifs is 1. The van der Waals surface area contributed by atoms with E-state index in [1.165, 1.54) is 55.2 Å². The highest BCUT2D eigenvalue weighted by Gasteiger charge is 2.28. The Labute approximate surface area is 145 Å². The van der Waals surface area contributed by atoms with Crippen LogP contribution >= 0.6 is 0 Å². The molecule has 1 atom stereocenters. The summed E-state index contributed by atoms with van der Waals surface area (Å²) in [6.07, 6.45) is 6.19. The van der Waals surface area contributed by atoms with Crippen LogP contribution in [0.3, 0.4) is 0 Å². The molecule has 2 fully saturated rings. The van der Waals surface area contributed by atoms with Gasteiger partial charge < -0.3 is 9.80 Å². The quantitative estimate of drug-likeness (QED) is 0.925. The Morgan fingerprint density at radius 3 is 2.92 bits per heavy atom. The number of piperidine rings is 1. The maximum atomic E-state index is 13.2. The van der Waals surface area contributed by atoms with Crippen LogP contribution in [-0.4, -0.2) is 63.2 Å². The zero-order valence-electron chi connectivity index (χ0n) is 14.2. The van der Waals surface area contributed by atoms with E-state index in [4.69, 9.17) is 0 Å². The lowest BCUT2D eigenvalue weighted by atomic mass is 10.1. The molecule has 8 heteroatoms. The molecule has 0 bridgehead atoms. The summed E-state index contributed by atoms with van der Waals surface area (Å²) in [5, 5.41) is 6.82. The first-order chi connectivity index (χ1) is 12.2. The highest BCUT2D eigenvalue weighted by molar-refractivity contribution is 5.87. The van der Waals surface area contributed by atoms with Crippen molar-refractivity contribution in [3.8, 4) is 0 Å². The number of anilines is 1. The van der Waals surface area contributed by atoms with Crippen LogP contribution in [0.4, 0.5) is 15.1 Å². The van der Waals surface area contributed by atoms with Gasteiger partial charge in [-0.1, -0.05) is 6.42 Å². The standard InChI is InChI=1S/C17H23FN6O/c18-14-4-5-15-19-16(21-24(15)12-14)20-17(25)23-9-6-13(11-23)10-22-7-2-1-3-8-22/h4-5,12-13H,1-3,6-11H2,(H,20,21,25). The summed E-state index contributed by atoms with van der Waals surface area (Å²) in [5.41, 5.74) is 0.501. The van der Waals surface area contributed by atoms with Crippen LogP contribution < -0.4 is 5.32 Å². The average molecular weight is 346 g/mol. The van der Waals surface area contributed by atoms with Gasteiger partial charge in [0.1, 0.15) is 5.82 Å². The fourth-order valence-corrected chi connectivity index (χ4v) is 3.76. The molecule has 2 saturated heterocycles. The SMILES string of the molecule is O=C(Nc1nc2ccc(F)cn2n1)N1CCC(CN2CCCCC2)C1. The number of amides is 2. The second-order valence-electron chi connectivity index (χ2n) is 6.98. The van der Waals surface area contributed by atoms with Crippen LogP contribution in [-0.2, 0) is 0 Å². The minimum Gasteiger partial charge on any atom is -0.324 e. The largest absolute Gasteiger partial charge is 0.324 e. The van der Waals surface area contributed by atoms with E-state index in [0.717, 1.165) is 26.1 Å². The normalized spacial score (nSPS) is 21.8. The van der Waals surface area contributed by atoms with E-state index in [0.29, 0.717) is 11.6 Å². The lowest BCUT2D eigenvalue weighted by molar-refractivity contribution is 0.192. The molecule has 2 aliphatic heterocycles. The number of nitrogens with one attached hydrogen (secondary N) is 1. The van der Waals surface area contributed by atoms with Crippen molar-refractivity contribution in [1.82, 2.24) is 24.4 Å². The van der Waals surface area contributed by atoms with E-state index in [2.05, 4.69) is 20.3 Å². The van der Waals surface area contributed by atoms with Crippen molar-refractivity contribution >= 4 is 17.6 Å². The van der Waals surface area contributed by atoms with E-state index in [1.807, 2.05) is 4.90 Å². The van der Waals surface area contributed by atoms with Crippen molar-refractivity contribution in [2.75, 3.05) is 38.0 Å². The molecule has 4 heterocycles. The van der Waals surface area contributed by atoms with Gasteiger partial charge in [-0.3, -0.25) is 5.32 Å². The molecular weight excluding hydrogens is 323 g/mol. The molecule has 4 rings (SSSR count). The number of urea groups is 1. The Morgan fingerprint density at radius 1 is 1.24 bits per heavy atom. The van der Waals surface area contributed by atoms with Crippen LogP contribution in [0.2, 0.25) is 0 Å². The van der Waals surface area contributed by atoms with Gasteiger partial charge >= 0.3 is 6.03 Å². The number of likely N-dealkylation sites (tertiary alicyclic amines) is 2. The van der Waals surface area contributed by atoms with Gasteiger partial charge in [-0.25, -0.2) is 13.7 Å². The number of nitrogens with zero attached hydrogens (tertiary/aromatic N) is 5. The topological polar surface area (TPSA) is 65.8 Å². The predicted molar refractivity (Wildman–Crippen MR) is 91.9 cm³/mol. The van der Waals surface area contributed by atoms with Gasteiger partial charge in [0.05, 0.1) is 6.20 Å². The lowest BCUT2D eigenvalue weighted by Crippen LogP contribution is -2.37. The van der Waals surface area contributed by atoms with Crippen molar-refractivity contribution in [2.45, 2.75) is 25.7 Å². The third-order valence-electron chi connectivity index (χ3n) is 5.05. The first kappa shape index (κ1) is 16.3. The molecule has 2 aromatic rings. The zero-order valence-corrected chi connectivity index (χ0v) is 14.2. The maximum absolute atomic E-state index is 13.2. The van der Waals surface area contributed by atoms with Crippen molar-refractivity contribution in [3.63, 3.8) is 0 Å². The molecule has 0 aromatic carbocycles. The van der Waals surface area contributed by atoms with Gasteiger partial charge in [0, 0.05) is 19.6 Å². The average Bonchev–Trinajstić information content (AvgIpc) is 3.22. The Hall–Kier alpha value is -2.22. The number of halogens is 1. The van der Waals surface area contributed by atoms with Crippen LogP contribution in [0.1, 0.15) is 25.7 Å². The van der Waals surface area contributed by atoms with Crippen LogP contribution in [0, 0.1) is 11.7 Å². The summed E-state index contributed by atoms with van der Waals surface area (Å²) in [6, 6.07) is 2.67. The van der Waals surface area contributed by atoms with E-state index in [-0.39, 0.29) is 12.0 Å². The molecule has 25 heavy (non-hydrogen) atoms. The zero-order chi connectivity index (χ0) is 17.2. The number of carbonyl (C=O) groups excluding carboxylic acids is 1. The summed E-state index contributed by atoms with van der Waals surface area (Å²) >= 11 is 0. The minimum absolute atomic E-state index is 0.183. The van der Waals surface area contributed by atoms with Crippen molar-refractivity contribution in [2.24, 2.45) is 5.92 Å². The van der Waals surface area contributed by atoms with Crippen LogP contribution in [0.5, 0.6) is 0 Å². The molecule has 0 saturated carbocycles. The van der Waals surface area contributed by atoms with Crippen LogP contribution in [0.25, 0.3) is 5.65 Å². The summed E-state index contributed by atoms with van der Waals surface area (Å²) in [7, 11) is 0. The van der Waals surface area contributed by atoms with Gasteiger partial charge in [-0.05, 0) is 50.4 Å². The van der Waals surface area contributed by atoms with Crippen molar-refractivity contribution in [3.05, 3.63) is 24.1 Å². The van der Waals surface area contributed by atoms with E-state index in [9.17, 15) is 9.18 Å². The fraction of sp³-hybridized carbons (Fsp3) is 0.588. The van der Waals surface area contributed by atoms with E-state index < -0.39 is 5.82 Å². The van der Waals surface area contributed by atoms with Gasteiger partial charge in [-0.2, -0.15) is 4.98 Å². The first-order valence-corrected chi connectivity index (χ1v) is 8.97. The number of rotatable bonds is 3. The number of hydrogen-bond acceptors (Lipinski definition) is 4. The number of carbonyl (C=O) groups is 1. The summed E-state index contributed by atoms with van der Waals surface area (Å²) < 4.78 is 14.5. The Kier molecular flexibility index (Phi) is 4.52. The van der Waals surface area contributed by atoms with Crippen LogP contribution in [0.15, 0.2) is 18.3 Å². The van der Waals surface area contributed by atoms with Crippen molar-refractivity contribution < 1.29 is 9.18 Å². The fourth-order valence-electron chi connectivity index (χ4n) is 3.76. The highest BCUT2D eigenvalue weighted by atomic mass is 19.1. The van der Waals surface area contributed by atoms with Gasteiger partial charge in [0.15, 0.2) is 5.65 Å². The smallest absolute Gasteiger partial charge is 0.324 e. The Bertz CT molecular complexity index is 757. The Balaban J connectivity index is 1.33. The van der Waals surface area contributed by atoms with E-state index >= 15 is 0 Å². The van der Waals surface area contributed by atoms with Gasteiger partial charge in [0.25, 0.3) is 5.95 Å². The molecule has 7 nitrogen and oxygen atoms in total. The van der Waals surface area contributed by atoms with Gasteiger partial charge in [-0.15, -0.1) is 5.10 Å². The molecule has 2 aromatic heterocycles. The third kappa shape index (κ3) is 3.73. The second-order valence-corrected chi connectivity index (χ2v) is 6.98. The molecule has 1 N–H and O–H groups in total. The molecule has 1 unspecified atom stereocenters. The molecule has 134 valence electrons. The highest BCUT2D eigenvalue weighted by Crippen LogP contribution is 2.20. The number of aromatic nitrogens is 3. The first-order valence-electron chi connectivity index (χ1n) is 8.97. The molecule has 0 aliphatic carbocycles. The monoisotopic (exact) mass is 346 g/mol. The van der Waals surface area contributed by atoms with Gasteiger partial charge in [0.2, 0.25) is 0 Å². The van der Waals surface area contributed by atoms with Crippen molar-refractivity contribution in [1.29, 1.82) is 0 Å². The minimum atomic E-state index is -0.393. The molecule has 0 radical (unpaired) electrons. The molecule has 2 aliphatic rings. The number of hydrogen-bond donors (Lipinski definition) is 1. The Morgan fingerprint density at radius 2 is 2.08 bits per heavy atom. The predicted octanol–water partition coefficient (Wildman–Crippen LogP) is 2.21. The molecular formula is C17H23FN6O.